The minimum absolute atomic E-state index is 0.723. The molecule has 0 atom stereocenters. The van der Waals surface area contributed by atoms with Gasteiger partial charge in [0, 0.05) is 19.2 Å². The van der Waals surface area contributed by atoms with E-state index >= 15 is 0 Å². The zero-order valence-electron chi connectivity index (χ0n) is 9.36. The second-order valence-corrected chi connectivity index (χ2v) is 4.21. The van der Waals surface area contributed by atoms with Gasteiger partial charge in [-0.2, -0.15) is 12.6 Å². The van der Waals surface area contributed by atoms with Gasteiger partial charge in [0.1, 0.15) is 5.52 Å². The van der Waals surface area contributed by atoms with Crippen molar-refractivity contribution in [3.63, 3.8) is 0 Å². The van der Waals surface area contributed by atoms with Gasteiger partial charge in [-0.25, -0.2) is 4.98 Å². The quantitative estimate of drug-likeness (QED) is 0.617. The fourth-order valence-electron chi connectivity index (χ4n) is 1.68. The van der Waals surface area contributed by atoms with E-state index in [1.54, 1.807) is 0 Å². The highest BCUT2D eigenvalue weighted by atomic mass is 32.1. The van der Waals surface area contributed by atoms with E-state index in [-0.39, 0.29) is 0 Å². The zero-order valence-corrected chi connectivity index (χ0v) is 10.3. The molecule has 0 unspecified atom stereocenters. The topological polar surface area (TPSA) is 38.1 Å². The van der Waals surface area contributed by atoms with Crippen LogP contribution in [0.1, 0.15) is 11.5 Å². The van der Waals surface area contributed by atoms with Crippen LogP contribution in [0.2, 0.25) is 0 Å². The Labute approximate surface area is 101 Å². The monoisotopic (exact) mass is 236 g/mol. The van der Waals surface area contributed by atoms with Crippen LogP contribution in [0.4, 0.5) is 0 Å². The van der Waals surface area contributed by atoms with Gasteiger partial charge in [0.2, 0.25) is 0 Å². The Morgan fingerprint density at radius 2 is 2.25 bits per heavy atom. The molecule has 16 heavy (non-hydrogen) atoms. The standard InChI is InChI=1S/C12H16N2OS/c1-9-14-11-3-2-10(8-12(11)15-9)4-5-13-6-7-16/h2-3,8,13,16H,4-7H2,1H3. The Morgan fingerprint density at radius 3 is 3.06 bits per heavy atom. The first-order valence-corrected chi connectivity index (χ1v) is 6.10. The molecule has 0 aliphatic rings. The molecule has 1 N–H and O–H groups in total. The van der Waals surface area contributed by atoms with Gasteiger partial charge in [-0.1, -0.05) is 6.07 Å². The van der Waals surface area contributed by atoms with Crippen molar-refractivity contribution in [3.05, 3.63) is 29.7 Å². The molecule has 0 saturated heterocycles. The lowest BCUT2D eigenvalue weighted by Gasteiger charge is -2.02. The van der Waals surface area contributed by atoms with Crippen molar-refractivity contribution in [3.8, 4) is 0 Å². The zero-order chi connectivity index (χ0) is 11.4. The van der Waals surface area contributed by atoms with Crippen LogP contribution in [-0.2, 0) is 6.42 Å². The van der Waals surface area contributed by atoms with Crippen molar-refractivity contribution >= 4 is 23.7 Å². The summed E-state index contributed by atoms with van der Waals surface area (Å²) in [5, 5.41) is 3.31. The SMILES string of the molecule is Cc1nc2ccc(CCNCCS)cc2o1. The first kappa shape index (κ1) is 11.5. The van der Waals surface area contributed by atoms with E-state index in [0.29, 0.717) is 0 Å². The average molecular weight is 236 g/mol. The maximum absolute atomic E-state index is 5.49. The van der Waals surface area contributed by atoms with E-state index in [2.05, 4.69) is 35.1 Å². The largest absolute Gasteiger partial charge is 0.441 e. The number of nitrogens with zero attached hydrogens (tertiary/aromatic N) is 1. The predicted octanol–water partition coefficient (Wildman–Crippen LogP) is 2.20. The molecular weight excluding hydrogens is 220 g/mol. The van der Waals surface area contributed by atoms with E-state index in [4.69, 9.17) is 4.42 Å². The summed E-state index contributed by atoms with van der Waals surface area (Å²) in [6.07, 6.45) is 1.00. The molecule has 0 fully saturated rings. The predicted molar refractivity (Wildman–Crippen MR) is 69.2 cm³/mol. The van der Waals surface area contributed by atoms with Crippen LogP contribution >= 0.6 is 12.6 Å². The summed E-state index contributed by atoms with van der Waals surface area (Å²) in [7, 11) is 0. The molecule has 4 heteroatoms. The number of benzene rings is 1. The second kappa shape index (κ2) is 5.37. The Hall–Kier alpha value is -1.00. The molecule has 0 saturated carbocycles. The van der Waals surface area contributed by atoms with Crippen molar-refractivity contribution < 1.29 is 4.42 Å². The molecule has 86 valence electrons. The normalized spacial score (nSPS) is 11.1. The summed E-state index contributed by atoms with van der Waals surface area (Å²) >= 11 is 4.15. The van der Waals surface area contributed by atoms with Crippen molar-refractivity contribution in [2.45, 2.75) is 13.3 Å². The van der Waals surface area contributed by atoms with Gasteiger partial charge in [0.25, 0.3) is 0 Å². The van der Waals surface area contributed by atoms with Crippen molar-refractivity contribution in [1.29, 1.82) is 0 Å². The highest BCUT2D eigenvalue weighted by molar-refractivity contribution is 7.80. The van der Waals surface area contributed by atoms with Crippen LogP contribution in [0.5, 0.6) is 0 Å². The lowest BCUT2D eigenvalue weighted by atomic mass is 10.1. The molecule has 0 aliphatic carbocycles. The fraction of sp³-hybridized carbons (Fsp3) is 0.417. The van der Waals surface area contributed by atoms with E-state index < -0.39 is 0 Å². The summed E-state index contributed by atoms with van der Waals surface area (Å²) in [4.78, 5) is 4.27. The van der Waals surface area contributed by atoms with Crippen molar-refractivity contribution in [2.75, 3.05) is 18.8 Å². The molecule has 2 aromatic rings. The molecule has 1 aromatic heterocycles. The Balaban J connectivity index is 2.02. The number of hydrogen-bond acceptors (Lipinski definition) is 4. The number of rotatable bonds is 5. The molecule has 0 aliphatic heterocycles. The second-order valence-electron chi connectivity index (χ2n) is 3.76. The number of hydrogen-bond donors (Lipinski definition) is 2. The Bertz CT molecular complexity index is 467. The minimum Gasteiger partial charge on any atom is -0.441 e. The Kier molecular flexibility index (Phi) is 3.85. The van der Waals surface area contributed by atoms with Gasteiger partial charge >= 0.3 is 0 Å². The molecule has 0 bridgehead atoms. The molecule has 1 heterocycles. The molecule has 3 nitrogen and oxygen atoms in total. The number of aromatic nitrogens is 1. The summed E-state index contributed by atoms with van der Waals surface area (Å²) < 4.78 is 5.49. The summed E-state index contributed by atoms with van der Waals surface area (Å²) in [6.45, 7) is 3.79. The van der Waals surface area contributed by atoms with Gasteiger partial charge in [0.05, 0.1) is 0 Å². The molecule has 0 amide bonds. The van der Waals surface area contributed by atoms with Gasteiger partial charge in [-0.05, 0) is 30.7 Å². The van der Waals surface area contributed by atoms with E-state index in [1.807, 2.05) is 13.0 Å². The Morgan fingerprint density at radius 1 is 1.38 bits per heavy atom. The van der Waals surface area contributed by atoms with E-state index in [0.717, 1.165) is 42.3 Å². The average Bonchev–Trinajstić information content (AvgIpc) is 2.64. The number of aryl methyl sites for hydroxylation is 1. The molecule has 2 rings (SSSR count). The first-order chi connectivity index (χ1) is 7.79. The lowest BCUT2D eigenvalue weighted by Crippen LogP contribution is -2.19. The van der Waals surface area contributed by atoms with E-state index in [9.17, 15) is 0 Å². The van der Waals surface area contributed by atoms with Crippen molar-refractivity contribution in [1.82, 2.24) is 10.3 Å². The number of oxazole rings is 1. The number of thiol groups is 1. The van der Waals surface area contributed by atoms with Gasteiger partial charge in [0.15, 0.2) is 11.5 Å². The molecule has 0 spiro atoms. The maximum Gasteiger partial charge on any atom is 0.192 e. The highest BCUT2D eigenvalue weighted by Gasteiger charge is 2.02. The van der Waals surface area contributed by atoms with Gasteiger partial charge in [-0.3, -0.25) is 0 Å². The summed E-state index contributed by atoms with van der Waals surface area (Å²) in [5.74, 6) is 1.60. The van der Waals surface area contributed by atoms with Gasteiger partial charge in [-0.15, -0.1) is 0 Å². The fourth-order valence-corrected chi connectivity index (χ4v) is 1.83. The third-order valence-electron chi connectivity index (χ3n) is 2.44. The number of nitrogens with one attached hydrogen (secondary N) is 1. The first-order valence-electron chi connectivity index (χ1n) is 5.47. The van der Waals surface area contributed by atoms with E-state index in [1.165, 1.54) is 5.56 Å². The van der Waals surface area contributed by atoms with Crippen LogP contribution in [0.25, 0.3) is 11.1 Å². The van der Waals surface area contributed by atoms with Gasteiger partial charge < -0.3 is 9.73 Å². The van der Waals surface area contributed by atoms with Crippen LogP contribution in [0.3, 0.4) is 0 Å². The maximum atomic E-state index is 5.49. The molecule has 0 radical (unpaired) electrons. The smallest absolute Gasteiger partial charge is 0.192 e. The molecular formula is C12H16N2OS. The third-order valence-corrected chi connectivity index (χ3v) is 2.66. The highest BCUT2D eigenvalue weighted by Crippen LogP contribution is 2.16. The third kappa shape index (κ3) is 2.77. The van der Waals surface area contributed by atoms with Crippen LogP contribution < -0.4 is 5.32 Å². The number of fused-ring (bicyclic) bond motifs is 1. The molecule has 1 aromatic carbocycles. The summed E-state index contributed by atoms with van der Waals surface area (Å²) in [5.41, 5.74) is 3.09. The van der Waals surface area contributed by atoms with Crippen LogP contribution in [0.15, 0.2) is 22.6 Å². The van der Waals surface area contributed by atoms with Crippen molar-refractivity contribution in [2.24, 2.45) is 0 Å². The summed E-state index contributed by atoms with van der Waals surface area (Å²) in [6, 6.07) is 6.18. The minimum atomic E-state index is 0.723. The lowest BCUT2D eigenvalue weighted by molar-refractivity contribution is 0.560. The van der Waals surface area contributed by atoms with Crippen LogP contribution in [0, 0.1) is 6.92 Å². The van der Waals surface area contributed by atoms with Crippen LogP contribution in [-0.4, -0.2) is 23.8 Å².